The summed E-state index contributed by atoms with van der Waals surface area (Å²) in [6.07, 6.45) is 6.22. The van der Waals surface area contributed by atoms with Gasteiger partial charge in [-0.1, -0.05) is 13.3 Å². The van der Waals surface area contributed by atoms with Gasteiger partial charge in [0.25, 0.3) is 0 Å². The number of sulfone groups is 1. The van der Waals surface area contributed by atoms with E-state index in [0.29, 0.717) is 12.3 Å². The lowest BCUT2D eigenvalue weighted by Gasteiger charge is -2.23. The Hall–Kier alpha value is -0.0900. The maximum atomic E-state index is 11.0. The molecule has 2 unspecified atom stereocenters. The van der Waals surface area contributed by atoms with Gasteiger partial charge in [0.2, 0.25) is 0 Å². The summed E-state index contributed by atoms with van der Waals surface area (Å²) in [5.41, 5.74) is 5.96. The van der Waals surface area contributed by atoms with Crippen molar-refractivity contribution in [3.63, 3.8) is 0 Å². The Morgan fingerprint density at radius 2 is 2.14 bits per heavy atom. The second kappa shape index (κ2) is 4.19. The maximum absolute atomic E-state index is 11.0. The van der Waals surface area contributed by atoms with E-state index in [1.54, 1.807) is 0 Å². The van der Waals surface area contributed by atoms with Gasteiger partial charge in [0.15, 0.2) is 0 Å². The van der Waals surface area contributed by atoms with Gasteiger partial charge in [0.1, 0.15) is 9.84 Å². The molecule has 84 valence electrons. The average molecular weight is 219 g/mol. The minimum Gasteiger partial charge on any atom is -0.325 e. The largest absolute Gasteiger partial charge is 0.325 e. The van der Waals surface area contributed by atoms with Crippen molar-refractivity contribution in [3.05, 3.63) is 0 Å². The van der Waals surface area contributed by atoms with Crippen LogP contribution >= 0.6 is 0 Å². The third-order valence-electron chi connectivity index (χ3n) is 3.29. The lowest BCUT2D eigenvalue weighted by Crippen LogP contribution is -2.38. The van der Waals surface area contributed by atoms with Crippen molar-refractivity contribution in [3.8, 4) is 0 Å². The SMILES string of the molecule is CCC1CCC(N)(CCS(C)(=O)=O)C1. The van der Waals surface area contributed by atoms with Crippen molar-refractivity contribution < 1.29 is 8.42 Å². The minimum absolute atomic E-state index is 0.205. The molecule has 0 aromatic carbocycles. The normalized spacial score (nSPS) is 33.5. The molecule has 1 aliphatic carbocycles. The van der Waals surface area contributed by atoms with Crippen molar-refractivity contribution in [1.29, 1.82) is 0 Å². The molecule has 1 saturated carbocycles. The molecule has 14 heavy (non-hydrogen) atoms. The Bertz CT molecular complexity index is 286. The van der Waals surface area contributed by atoms with Gasteiger partial charge in [0.05, 0.1) is 5.75 Å². The minimum atomic E-state index is -2.85. The van der Waals surface area contributed by atoms with E-state index >= 15 is 0 Å². The summed E-state index contributed by atoms with van der Waals surface area (Å²) < 4.78 is 22.1. The fourth-order valence-corrected chi connectivity index (χ4v) is 3.01. The van der Waals surface area contributed by atoms with E-state index in [9.17, 15) is 8.42 Å². The highest BCUT2D eigenvalue weighted by Gasteiger charge is 2.34. The Balaban J connectivity index is 2.45. The predicted molar refractivity (Wildman–Crippen MR) is 58.9 cm³/mol. The number of hydrogen-bond donors (Lipinski definition) is 1. The first-order valence-corrected chi connectivity index (χ1v) is 7.37. The van der Waals surface area contributed by atoms with E-state index in [1.807, 2.05) is 0 Å². The Morgan fingerprint density at radius 1 is 1.50 bits per heavy atom. The molecule has 0 aromatic heterocycles. The van der Waals surface area contributed by atoms with Crippen LogP contribution < -0.4 is 5.73 Å². The van der Waals surface area contributed by atoms with E-state index in [1.165, 1.54) is 6.26 Å². The molecule has 0 amide bonds. The molecule has 0 aliphatic heterocycles. The lowest BCUT2D eigenvalue weighted by atomic mass is 9.93. The standard InChI is InChI=1S/C10H21NO2S/c1-3-9-4-5-10(11,8-9)6-7-14(2,12)13/h9H,3-8,11H2,1-2H3. The molecule has 4 heteroatoms. The summed E-state index contributed by atoms with van der Waals surface area (Å²) in [5, 5.41) is 0. The molecule has 0 radical (unpaired) electrons. The molecule has 0 aromatic rings. The van der Waals surface area contributed by atoms with Crippen LogP contribution in [0.2, 0.25) is 0 Å². The zero-order valence-electron chi connectivity index (χ0n) is 9.12. The molecule has 0 heterocycles. The highest BCUT2D eigenvalue weighted by atomic mass is 32.2. The third-order valence-corrected chi connectivity index (χ3v) is 4.24. The number of hydrogen-bond acceptors (Lipinski definition) is 3. The second-order valence-corrected chi connectivity index (χ2v) is 7.02. The van der Waals surface area contributed by atoms with E-state index in [0.717, 1.165) is 25.7 Å². The van der Waals surface area contributed by atoms with E-state index in [4.69, 9.17) is 5.73 Å². The molecule has 1 rings (SSSR count). The van der Waals surface area contributed by atoms with Crippen molar-refractivity contribution in [2.45, 2.75) is 44.6 Å². The quantitative estimate of drug-likeness (QED) is 0.776. The molecule has 3 nitrogen and oxygen atoms in total. The van der Waals surface area contributed by atoms with Crippen LogP contribution in [-0.2, 0) is 9.84 Å². The summed E-state index contributed by atoms with van der Waals surface area (Å²) >= 11 is 0. The van der Waals surface area contributed by atoms with Crippen LogP contribution in [0.1, 0.15) is 39.0 Å². The number of nitrogens with two attached hydrogens (primary N) is 1. The summed E-state index contributed by atoms with van der Waals surface area (Å²) in [6.45, 7) is 2.17. The molecule has 0 bridgehead atoms. The zero-order chi connectivity index (χ0) is 10.8. The van der Waals surface area contributed by atoms with Gasteiger partial charge in [-0.2, -0.15) is 0 Å². The summed E-state index contributed by atoms with van der Waals surface area (Å²) in [6, 6.07) is 0. The molecule has 2 atom stereocenters. The fraction of sp³-hybridized carbons (Fsp3) is 1.00. The van der Waals surface area contributed by atoms with E-state index in [-0.39, 0.29) is 11.3 Å². The molecular formula is C10H21NO2S. The van der Waals surface area contributed by atoms with Gasteiger partial charge >= 0.3 is 0 Å². The van der Waals surface area contributed by atoms with Crippen LogP contribution in [0.3, 0.4) is 0 Å². The van der Waals surface area contributed by atoms with Crippen LogP contribution in [0, 0.1) is 5.92 Å². The van der Waals surface area contributed by atoms with Crippen molar-refractivity contribution in [1.82, 2.24) is 0 Å². The van der Waals surface area contributed by atoms with Crippen molar-refractivity contribution in [2.75, 3.05) is 12.0 Å². The third kappa shape index (κ3) is 3.58. The van der Waals surface area contributed by atoms with Crippen LogP contribution in [0.5, 0.6) is 0 Å². The highest BCUT2D eigenvalue weighted by molar-refractivity contribution is 7.90. The van der Waals surface area contributed by atoms with Crippen LogP contribution in [0.15, 0.2) is 0 Å². The van der Waals surface area contributed by atoms with Gasteiger partial charge < -0.3 is 5.73 Å². The second-order valence-electron chi connectivity index (χ2n) is 4.76. The van der Waals surface area contributed by atoms with Crippen LogP contribution in [0.25, 0.3) is 0 Å². The zero-order valence-corrected chi connectivity index (χ0v) is 9.94. The summed E-state index contributed by atoms with van der Waals surface area (Å²) in [4.78, 5) is 0. The summed E-state index contributed by atoms with van der Waals surface area (Å²) in [7, 11) is -2.85. The van der Waals surface area contributed by atoms with Gasteiger partial charge in [-0.05, 0) is 31.6 Å². The fourth-order valence-electron chi connectivity index (χ4n) is 2.23. The monoisotopic (exact) mass is 219 g/mol. The number of rotatable bonds is 4. The van der Waals surface area contributed by atoms with Gasteiger partial charge in [-0.3, -0.25) is 0 Å². The topological polar surface area (TPSA) is 60.2 Å². The smallest absolute Gasteiger partial charge is 0.147 e. The van der Waals surface area contributed by atoms with Crippen LogP contribution in [0.4, 0.5) is 0 Å². The molecular weight excluding hydrogens is 198 g/mol. The van der Waals surface area contributed by atoms with Gasteiger partial charge in [0, 0.05) is 11.8 Å². The Morgan fingerprint density at radius 3 is 2.57 bits per heavy atom. The molecule has 0 saturated heterocycles. The van der Waals surface area contributed by atoms with E-state index in [2.05, 4.69) is 6.92 Å². The van der Waals surface area contributed by atoms with Crippen molar-refractivity contribution in [2.24, 2.45) is 11.7 Å². The van der Waals surface area contributed by atoms with Crippen LogP contribution in [-0.4, -0.2) is 26.0 Å². The molecule has 0 spiro atoms. The Labute approximate surface area is 87.0 Å². The predicted octanol–water partition coefficient (Wildman–Crippen LogP) is 1.33. The maximum Gasteiger partial charge on any atom is 0.147 e. The summed E-state index contributed by atoms with van der Waals surface area (Å²) in [5.74, 6) is 0.944. The molecule has 1 aliphatic rings. The Kier molecular flexibility index (Phi) is 3.58. The first kappa shape index (κ1) is 12.0. The molecule has 1 fully saturated rings. The highest BCUT2D eigenvalue weighted by Crippen LogP contribution is 2.36. The molecule has 2 N–H and O–H groups in total. The van der Waals surface area contributed by atoms with Gasteiger partial charge in [-0.25, -0.2) is 8.42 Å². The van der Waals surface area contributed by atoms with Gasteiger partial charge in [-0.15, -0.1) is 0 Å². The van der Waals surface area contributed by atoms with E-state index < -0.39 is 9.84 Å². The average Bonchev–Trinajstić information content (AvgIpc) is 2.44. The first-order chi connectivity index (χ1) is 6.35. The first-order valence-electron chi connectivity index (χ1n) is 5.31. The lowest BCUT2D eigenvalue weighted by molar-refractivity contribution is 0.397. The van der Waals surface area contributed by atoms with Crippen molar-refractivity contribution >= 4 is 9.84 Å².